The van der Waals surface area contributed by atoms with Crippen LogP contribution in [0.4, 0.5) is 10.1 Å². The molecule has 1 atom stereocenters. The lowest BCUT2D eigenvalue weighted by atomic mass is 10.2. The Bertz CT molecular complexity index is 411. The van der Waals surface area contributed by atoms with Gasteiger partial charge in [0, 0.05) is 5.56 Å². The molecule has 3 nitrogen and oxygen atoms in total. The van der Waals surface area contributed by atoms with E-state index >= 15 is 0 Å². The van der Waals surface area contributed by atoms with E-state index < -0.39 is 5.95 Å². The maximum Gasteiger partial charge on any atom is 0.212 e. The first-order valence-corrected chi connectivity index (χ1v) is 4.66. The van der Waals surface area contributed by atoms with Gasteiger partial charge in [0.25, 0.3) is 0 Å². The van der Waals surface area contributed by atoms with E-state index in [2.05, 4.69) is 10.3 Å². The first kappa shape index (κ1) is 9.71. The average Bonchev–Trinajstić information content (AvgIpc) is 2.74. The largest absolute Gasteiger partial charge is 0.472 e. The van der Waals surface area contributed by atoms with Crippen molar-refractivity contribution in [3.05, 3.63) is 48.4 Å². The maximum absolute atomic E-state index is 12.5. The standard InChI is InChI=1S/C11H11FN2O/c1-8(9-4-5-15-7-9)14-10-2-3-11(12)13-6-10/h2-8,14H,1H3. The smallest absolute Gasteiger partial charge is 0.212 e. The highest BCUT2D eigenvalue weighted by molar-refractivity contribution is 5.42. The Morgan fingerprint density at radius 3 is 2.87 bits per heavy atom. The molecule has 0 aliphatic heterocycles. The van der Waals surface area contributed by atoms with Gasteiger partial charge in [-0.05, 0) is 25.1 Å². The summed E-state index contributed by atoms with van der Waals surface area (Å²) in [5, 5.41) is 3.18. The van der Waals surface area contributed by atoms with Crippen LogP contribution in [0.1, 0.15) is 18.5 Å². The quantitative estimate of drug-likeness (QED) is 0.784. The molecule has 0 amide bonds. The van der Waals surface area contributed by atoms with Crippen LogP contribution in [-0.4, -0.2) is 4.98 Å². The summed E-state index contributed by atoms with van der Waals surface area (Å²) in [6.07, 6.45) is 4.76. The second-order valence-corrected chi connectivity index (χ2v) is 3.29. The molecule has 0 saturated heterocycles. The van der Waals surface area contributed by atoms with Crippen molar-refractivity contribution in [1.29, 1.82) is 0 Å². The Labute approximate surface area is 86.9 Å². The average molecular weight is 206 g/mol. The summed E-state index contributed by atoms with van der Waals surface area (Å²) in [5.41, 5.74) is 1.82. The van der Waals surface area contributed by atoms with Crippen molar-refractivity contribution in [2.45, 2.75) is 13.0 Å². The fourth-order valence-corrected chi connectivity index (χ4v) is 1.32. The van der Waals surface area contributed by atoms with Gasteiger partial charge in [0.15, 0.2) is 0 Å². The van der Waals surface area contributed by atoms with Gasteiger partial charge in [-0.25, -0.2) is 4.98 Å². The number of nitrogens with one attached hydrogen (secondary N) is 1. The minimum absolute atomic E-state index is 0.107. The SMILES string of the molecule is CC(Nc1ccc(F)nc1)c1ccoc1. The number of halogens is 1. The van der Waals surface area contributed by atoms with Crippen LogP contribution in [0.3, 0.4) is 0 Å². The Morgan fingerprint density at radius 2 is 2.27 bits per heavy atom. The predicted molar refractivity (Wildman–Crippen MR) is 54.9 cm³/mol. The van der Waals surface area contributed by atoms with Gasteiger partial charge in [0.05, 0.1) is 30.5 Å². The van der Waals surface area contributed by atoms with E-state index in [0.29, 0.717) is 0 Å². The molecule has 0 saturated carbocycles. The summed E-state index contributed by atoms with van der Waals surface area (Å²) in [6.45, 7) is 1.99. The molecule has 2 aromatic heterocycles. The lowest BCUT2D eigenvalue weighted by molar-refractivity contribution is 0.562. The highest BCUT2D eigenvalue weighted by atomic mass is 19.1. The van der Waals surface area contributed by atoms with Gasteiger partial charge >= 0.3 is 0 Å². The molecule has 2 aromatic rings. The third-order valence-electron chi connectivity index (χ3n) is 2.15. The normalized spacial score (nSPS) is 12.4. The molecule has 2 rings (SSSR count). The van der Waals surface area contributed by atoms with Crippen LogP contribution in [0.25, 0.3) is 0 Å². The van der Waals surface area contributed by atoms with Crippen LogP contribution in [0.15, 0.2) is 41.3 Å². The van der Waals surface area contributed by atoms with Gasteiger partial charge in [-0.1, -0.05) is 0 Å². The molecule has 4 heteroatoms. The van der Waals surface area contributed by atoms with Crippen molar-refractivity contribution >= 4 is 5.69 Å². The summed E-state index contributed by atoms with van der Waals surface area (Å²) < 4.78 is 17.5. The molecule has 1 unspecified atom stereocenters. The fraction of sp³-hybridized carbons (Fsp3) is 0.182. The minimum Gasteiger partial charge on any atom is -0.472 e. The summed E-state index contributed by atoms with van der Waals surface area (Å²) in [6, 6.07) is 4.97. The summed E-state index contributed by atoms with van der Waals surface area (Å²) in [7, 11) is 0. The highest BCUT2D eigenvalue weighted by Gasteiger charge is 2.06. The number of pyridine rings is 1. The zero-order valence-electron chi connectivity index (χ0n) is 8.27. The molecule has 0 aliphatic carbocycles. The van der Waals surface area contributed by atoms with E-state index in [9.17, 15) is 4.39 Å². The van der Waals surface area contributed by atoms with E-state index in [-0.39, 0.29) is 6.04 Å². The number of anilines is 1. The van der Waals surface area contributed by atoms with E-state index in [1.807, 2.05) is 13.0 Å². The van der Waals surface area contributed by atoms with Crippen LogP contribution >= 0.6 is 0 Å². The zero-order valence-corrected chi connectivity index (χ0v) is 8.27. The second kappa shape index (κ2) is 4.13. The van der Waals surface area contributed by atoms with E-state index in [0.717, 1.165) is 11.3 Å². The van der Waals surface area contributed by atoms with Gasteiger partial charge in [-0.3, -0.25) is 0 Å². The molecule has 78 valence electrons. The molecule has 1 N–H and O–H groups in total. The molecular weight excluding hydrogens is 195 g/mol. The Morgan fingerprint density at radius 1 is 1.40 bits per heavy atom. The maximum atomic E-state index is 12.5. The number of aromatic nitrogens is 1. The number of rotatable bonds is 3. The first-order chi connectivity index (χ1) is 7.25. The molecule has 0 aromatic carbocycles. The predicted octanol–water partition coefficient (Wildman–Crippen LogP) is 2.99. The summed E-state index contributed by atoms with van der Waals surface area (Å²) in [4.78, 5) is 3.56. The van der Waals surface area contributed by atoms with Gasteiger partial charge in [0.2, 0.25) is 5.95 Å². The van der Waals surface area contributed by atoms with E-state index in [1.54, 1.807) is 18.6 Å². The molecule has 0 spiro atoms. The third kappa shape index (κ3) is 2.34. The van der Waals surface area contributed by atoms with Crippen molar-refractivity contribution in [2.75, 3.05) is 5.32 Å². The van der Waals surface area contributed by atoms with Crippen molar-refractivity contribution in [1.82, 2.24) is 4.98 Å². The number of hydrogen-bond donors (Lipinski definition) is 1. The number of furan rings is 1. The van der Waals surface area contributed by atoms with Crippen molar-refractivity contribution < 1.29 is 8.81 Å². The molecule has 0 bridgehead atoms. The Hall–Kier alpha value is -1.84. The lowest BCUT2D eigenvalue weighted by Gasteiger charge is -2.12. The number of hydrogen-bond acceptors (Lipinski definition) is 3. The van der Waals surface area contributed by atoms with Crippen molar-refractivity contribution in [3.63, 3.8) is 0 Å². The summed E-state index contributed by atoms with van der Waals surface area (Å²) >= 11 is 0. The topological polar surface area (TPSA) is 38.1 Å². The lowest BCUT2D eigenvalue weighted by Crippen LogP contribution is -2.05. The van der Waals surface area contributed by atoms with Gasteiger partial charge in [0.1, 0.15) is 0 Å². The van der Waals surface area contributed by atoms with Crippen LogP contribution < -0.4 is 5.32 Å². The zero-order chi connectivity index (χ0) is 10.7. The van der Waals surface area contributed by atoms with Crippen LogP contribution in [0.5, 0.6) is 0 Å². The highest BCUT2D eigenvalue weighted by Crippen LogP contribution is 2.18. The van der Waals surface area contributed by atoms with Crippen LogP contribution in [-0.2, 0) is 0 Å². The summed E-state index contributed by atoms with van der Waals surface area (Å²) in [5.74, 6) is -0.475. The molecule has 2 heterocycles. The molecule has 0 fully saturated rings. The van der Waals surface area contributed by atoms with E-state index in [4.69, 9.17) is 4.42 Å². The minimum atomic E-state index is -0.475. The second-order valence-electron chi connectivity index (χ2n) is 3.29. The van der Waals surface area contributed by atoms with Gasteiger partial charge in [-0.2, -0.15) is 4.39 Å². The van der Waals surface area contributed by atoms with Crippen LogP contribution in [0.2, 0.25) is 0 Å². The Balaban J connectivity index is 2.06. The van der Waals surface area contributed by atoms with Crippen LogP contribution in [0, 0.1) is 5.95 Å². The number of nitrogens with zero attached hydrogens (tertiary/aromatic N) is 1. The first-order valence-electron chi connectivity index (χ1n) is 4.66. The van der Waals surface area contributed by atoms with Gasteiger partial charge < -0.3 is 9.73 Å². The molecule has 0 radical (unpaired) electrons. The fourth-order valence-electron chi connectivity index (χ4n) is 1.32. The van der Waals surface area contributed by atoms with E-state index in [1.165, 1.54) is 12.3 Å². The third-order valence-corrected chi connectivity index (χ3v) is 2.15. The Kier molecular flexibility index (Phi) is 2.67. The molecule has 0 aliphatic rings. The van der Waals surface area contributed by atoms with Crippen molar-refractivity contribution in [2.24, 2.45) is 0 Å². The van der Waals surface area contributed by atoms with Gasteiger partial charge in [-0.15, -0.1) is 0 Å². The molecule has 15 heavy (non-hydrogen) atoms. The van der Waals surface area contributed by atoms with Crippen molar-refractivity contribution in [3.8, 4) is 0 Å². The molecular formula is C11H11FN2O. The monoisotopic (exact) mass is 206 g/mol.